The fourth-order valence-electron chi connectivity index (χ4n) is 3.87. The van der Waals surface area contributed by atoms with Crippen LogP contribution in [-0.4, -0.2) is 35.4 Å². The molecule has 1 atom stereocenters. The summed E-state index contributed by atoms with van der Waals surface area (Å²) >= 11 is 0. The summed E-state index contributed by atoms with van der Waals surface area (Å²) in [7, 11) is 0. The topological polar surface area (TPSA) is 83.5 Å². The molecular weight excluding hydrogens is 450 g/mol. The molecule has 1 heterocycles. The SMILES string of the molecule is CCC(O)CNC(=O)Nc1ccc2nc(-c3ccccc3OCC(C)C)c(-c3ccccc3)cc2c1. The molecule has 0 saturated heterocycles. The van der Waals surface area contributed by atoms with Crippen molar-refractivity contribution in [1.29, 1.82) is 0 Å². The van der Waals surface area contributed by atoms with Crippen LogP contribution in [0.3, 0.4) is 0 Å². The number of carbonyl (C=O) groups excluding carboxylic acids is 1. The first-order chi connectivity index (χ1) is 17.4. The molecule has 1 aromatic heterocycles. The molecule has 4 aromatic rings. The average Bonchev–Trinajstić information content (AvgIpc) is 2.90. The maximum absolute atomic E-state index is 12.3. The van der Waals surface area contributed by atoms with Crippen LogP contribution in [0.2, 0.25) is 0 Å². The number of ether oxygens (including phenoxy) is 1. The largest absolute Gasteiger partial charge is 0.493 e. The predicted molar refractivity (Wildman–Crippen MR) is 146 cm³/mol. The molecule has 0 fully saturated rings. The Hall–Kier alpha value is -3.90. The minimum absolute atomic E-state index is 0.206. The van der Waals surface area contributed by atoms with Crippen LogP contribution in [0.4, 0.5) is 10.5 Å². The number of rotatable bonds is 9. The van der Waals surface area contributed by atoms with Crippen molar-refractivity contribution in [3.63, 3.8) is 0 Å². The summed E-state index contributed by atoms with van der Waals surface area (Å²) in [6.45, 7) is 6.96. The summed E-state index contributed by atoms with van der Waals surface area (Å²) in [6.07, 6.45) is 0.0221. The van der Waals surface area contributed by atoms with Gasteiger partial charge in [-0.25, -0.2) is 9.78 Å². The standard InChI is InChI=1S/C30H33N3O3/c1-4-24(34)18-31-30(35)32-23-14-15-27-22(16-23)17-26(21-10-6-5-7-11-21)29(33-27)25-12-8-9-13-28(25)36-19-20(2)3/h5-17,20,24,34H,4,18-19H2,1-3H3,(H2,31,32,35). The van der Waals surface area contributed by atoms with E-state index in [1.807, 2.05) is 67.6 Å². The first kappa shape index (κ1) is 25.2. The van der Waals surface area contributed by atoms with Gasteiger partial charge in [0.1, 0.15) is 5.75 Å². The highest BCUT2D eigenvalue weighted by Crippen LogP contribution is 2.38. The van der Waals surface area contributed by atoms with Gasteiger partial charge in [0, 0.05) is 28.7 Å². The Kier molecular flexibility index (Phi) is 8.18. The number of benzene rings is 3. The van der Waals surface area contributed by atoms with E-state index in [0.29, 0.717) is 24.6 Å². The number of para-hydroxylation sites is 1. The van der Waals surface area contributed by atoms with Gasteiger partial charge in [-0.2, -0.15) is 0 Å². The Bertz CT molecular complexity index is 1320. The van der Waals surface area contributed by atoms with E-state index in [1.165, 1.54) is 0 Å². The van der Waals surface area contributed by atoms with Gasteiger partial charge in [0.05, 0.1) is 23.9 Å². The Balaban J connectivity index is 1.74. The van der Waals surface area contributed by atoms with Crippen LogP contribution in [0.15, 0.2) is 78.9 Å². The van der Waals surface area contributed by atoms with E-state index in [9.17, 15) is 9.90 Å². The minimum Gasteiger partial charge on any atom is -0.493 e. The van der Waals surface area contributed by atoms with Crippen molar-refractivity contribution >= 4 is 22.6 Å². The Morgan fingerprint density at radius 3 is 2.47 bits per heavy atom. The second-order valence-electron chi connectivity index (χ2n) is 9.26. The van der Waals surface area contributed by atoms with E-state index in [0.717, 1.165) is 39.0 Å². The van der Waals surface area contributed by atoms with Crippen molar-refractivity contribution in [3.05, 3.63) is 78.9 Å². The van der Waals surface area contributed by atoms with Crippen molar-refractivity contribution in [1.82, 2.24) is 10.3 Å². The quantitative estimate of drug-likeness (QED) is 0.254. The van der Waals surface area contributed by atoms with Gasteiger partial charge in [-0.3, -0.25) is 0 Å². The van der Waals surface area contributed by atoms with Gasteiger partial charge in [0.15, 0.2) is 0 Å². The van der Waals surface area contributed by atoms with Gasteiger partial charge in [-0.15, -0.1) is 0 Å². The van der Waals surface area contributed by atoms with Crippen molar-refractivity contribution in [2.45, 2.75) is 33.3 Å². The molecular formula is C30H33N3O3. The third kappa shape index (κ3) is 6.20. The van der Waals surface area contributed by atoms with Crippen molar-refractivity contribution < 1.29 is 14.6 Å². The summed E-state index contributed by atoms with van der Waals surface area (Å²) in [4.78, 5) is 17.3. The van der Waals surface area contributed by atoms with Crippen LogP contribution in [0, 0.1) is 5.92 Å². The fraction of sp³-hybridized carbons (Fsp3) is 0.267. The molecule has 0 spiro atoms. The third-order valence-electron chi connectivity index (χ3n) is 5.84. The lowest BCUT2D eigenvalue weighted by molar-refractivity contribution is 0.168. The van der Waals surface area contributed by atoms with Gasteiger partial charge in [-0.1, -0.05) is 63.2 Å². The van der Waals surface area contributed by atoms with Crippen molar-refractivity contribution in [3.8, 4) is 28.1 Å². The molecule has 0 aliphatic heterocycles. The number of aromatic nitrogens is 1. The van der Waals surface area contributed by atoms with Crippen LogP contribution in [0.1, 0.15) is 27.2 Å². The Morgan fingerprint density at radius 2 is 1.72 bits per heavy atom. The van der Waals surface area contributed by atoms with Gasteiger partial charge >= 0.3 is 6.03 Å². The van der Waals surface area contributed by atoms with Gasteiger partial charge in [0.25, 0.3) is 0 Å². The minimum atomic E-state index is -0.559. The Morgan fingerprint density at radius 1 is 0.972 bits per heavy atom. The second kappa shape index (κ2) is 11.7. The van der Waals surface area contributed by atoms with Gasteiger partial charge in [-0.05, 0) is 54.3 Å². The number of carbonyl (C=O) groups is 1. The van der Waals surface area contributed by atoms with Gasteiger partial charge < -0.3 is 20.5 Å². The van der Waals surface area contributed by atoms with Crippen molar-refractivity contribution in [2.75, 3.05) is 18.5 Å². The van der Waals surface area contributed by atoms with E-state index in [-0.39, 0.29) is 12.6 Å². The first-order valence-corrected chi connectivity index (χ1v) is 12.4. The number of fused-ring (bicyclic) bond motifs is 1. The number of hydrogen-bond donors (Lipinski definition) is 3. The summed E-state index contributed by atoms with van der Waals surface area (Å²) in [5.74, 6) is 1.21. The number of amides is 2. The molecule has 0 aliphatic rings. The highest BCUT2D eigenvalue weighted by atomic mass is 16.5. The zero-order chi connectivity index (χ0) is 25.5. The van der Waals surface area contributed by atoms with Crippen LogP contribution in [0.25, 0.3) is 33.3 Å². The molecule has 0 aliphatic carbocycles. The summed E-state index contributed by atoms with van der Waals surface area (Å²) in [5, 5.41) is 16.1. The van der Waals surface area contributed by atoms with Crippen LogP contribution in [0.5, 0.6) is 5.75 Å². The monoisotopic (exact) mass is 483 g/mol. The van der Waals surface area contributed by atoms with Crippen LogP contribution >= 0.6 is 0 Å². The molecule has 3 N–H and O–H groups in total. The predicted octanol–water partition coefficient (Wildman–Crippen LogP) is 6.50. The maximum Gasteiger partial charge on any atom is 0.319 e. The number of pyridine rings is 1. The first-order valence-electron chi connectivity index (χ1n) is 12.4. The number of nitrogens with zero attached hydrogens (tertiary/aromatic N) is 1. The molecule has 3 aromatic carbocycles. The van der Waals surface area contributed by atoms with Gasteiger partial charge in [0.2, 0.25) is 0 Å². The normalized spacial score (nSPS) is 11.9. The van der Waals surface area contributed by atoms with E-state index in [4.69, 9.17) is 9.72 Å². The zero-order valence-corrected chi connectivity index (χ0v) is 21.0. The number of hydrogen-bond acceptors (Lipinski definition) is 4. The van der Waals surface area contributed by atoms with Crippen LogP contribution in [-0.2, 0) is 0 Å². The number of aliphatic hydroxyl groups is 1. The van der Waals surface area contributed by atoms with E-state index >= 15 is 0 Å². The molecule has 0 bridgehead atoms. The van der Waals surface area contributed by atoms with E-state index in [1.54, 1.807) is 0 Å². The lowest BCUT2D eigenvalue weighted by Gasteiger charge is -2.17. The summed E-state index contributed by atoms with van der Waals surface area (Å²) in [6, 6.07) is 25.6. The zero-order valence-electron chi connectivity index (χ0n) is 21.0. The fourth-order valence-corrected chi connectivity index (χ4v) is 3.87. The van der Waals surface area contributed by atoms with Crippen LogP contribution < -0.4 is 15.4 Å². The highest BCUT2D eigenvalue weighted by Gasteiger charge is 2.16. The molecule has 0 radical (unpaired) electrons. The molecule has 0 saturated carbocycles. The maximum atomic E-state index is 12.3. The second-order valence-corrected chi connectivity index (χ2v) is 9.26. The lowest BCUT2D eigenvalue weighted by atomic mass is 9.96. The van der Waals surface area contributed by atoms with E-state index in [2.05, 4.69) is 42.7 Å². The molecule has 4 rings (SSSR count). The highest BCUT2D eigenvalue weighted by molar-refractivity contribution is 5.96. The number of nitrogens with one attached hydrogen (secondary N) is 2. The molecule has 2 amide bonds. The smallest absolute Gasteiger partial charge is 0.319 e. The molecule has 36 heavy (non-hydrogen) atoms. The molecule has 186 valence electrons. The third-order valence-corrected chi connectivity index (χ3v) is 5.84. The van der Waals surface area contributed by atoms with Crippen molar-refractivity contribution in [2.24, 2.45) is 5.92 Å². The lowest BCUT2D eigenvalue weighted by Crippen LogP contribution is -2.34. The number of anilines is 1. The summed E-state index contributed by atoms with van der Waals surface area (Å²) in [5.41, 5.74) is 5.28. The van der Waals surface area contributed by atoms with E-state index < -0.39 is 6.10 Å². The molecule has 6 heteroatoms. The number of urea groups is 1. The average molecular weight is 484 g/mol. The number of aliphatic hydroxyl groups excluding tert-OH is 1. The summed E-state index contributed by atoms with van der Waals surface area (Å²) < 4.78 is 6.15. The Labute approximate surface area is 212 Å². The molecule has 6 nitrogen and oxygen atoms in total. The molecule has 1 unspecified atom stereocenters.